The highest BCUT2D eigenvalue weighted by Gasteiger charge is 2.68. The Balaban J connectivity index is 1.87. The van der Waals surface area contributed by atoms with Gasteiger partial charge in [0.1, 0.15) is 17.8 Å². The van der Waals surface area contributed by atoms with Crippen LogP contribution in [0.1, 0.15) is 60.8 Å². The summed E-state index contributed by atoms with van der Waals surface area (Å²) >= 11 is 0. The van der Waals surface area contributed by atoms with Crippen LogP contribution in [-0.2, 0) is 23.7 Å². The molecule has 5 atom stereocenters. The summed E-state index contributed by atoms with van der Waals surface area (Å²) in [7, 11) is 0. The van der Waals surface area contributed by atoms with Crippen LogP contribution in [0, 0.1) is 5.92 Å². The topological polar surface area (TPSA) is 74.3 Å². The Morgan fingerprint density at radius 2 is 1.73 bits per heavy atom. The number of nitrogens with zero attached hydrogens (tertiary/aromatic N) is 1. The van der Waals surface area contributed by atoms with Crippen LogP contribution in [0.3, 0.4) is 0 Å². The van der Waals surface area contributed by atoms with Crippen LogP contribution in [0.4, 0.5) is 4.79 Å². The Hall–Kier alpha value is -1.34. The zero-order valence-corrected chi connectivity index (χ0v) is 16.6. The molecule has 7 heteroatoms. The number of carbonyl (C=O) groups is 2. The third-order valence-electron chi connectivity index (χ3n) is 5.60. The van der Waals surface area contributed by atoms with Gasteiger partial charge in [0.05, 0.1) is 24.6 Å². The maximum Gasteiger partial charge on any atom is 0.410 e. The van der Waals surface area contributed by atoms with Gasteiger partial charge in [-0.05, 0) is 47.0 Å². The number of esters is 1. The zero-order valence-electron chi connectivity index (χ0n) is 16.6. The van der Waals surface area contributed by atoms with Crippen LogP contribution >= 0.6 is 0 Å². The Labute approximate surface area is 155 Å². The van der Waals surface area contributed by atoms with E-state index in [4.69, 9.17) is 18.9 Å². The Morgan fingerprint density at radius 1 is 1.12 bits per heavy atom. The van der Waals surface area contributed by atoms with Crippen molar-refractivity contribution in [3.63, 3.8) is 0 Å². The molecule has 2 bridgehead atoms. The third kappa shape index (κ3) is 3.09. The SMILES string of the molecule is CCOC(=O)[C@@H]1C[C@@H]2[C@H]3OC(CC)(CC)O[C@H]3[C@H]1N2C(=O)OC(C)(C)C. The minimum Gasteiger partial charge on any atom is -0.466 e. The van der Waals surface area contributed by atoms with Gasteiger partial charge in [0, 0.05) is 0 Å². The average Bonchev–Trinajstić information content (AvgIpc) is 3.20. The fraction of sp³-hybridized carbons (Fsp3) is 0.895. The second-order valence-electron chi connectivity index (χ2n) is 8.32. The Bertz CT molecular complexity index is 567. The molecule has 3 heterocycles. The minimum absolute atomic E-state index is 0.224. The van der Waals surface area contributed by atoms with E-state index >= 15 is 0 Å². The van der Waals surface area contributed by atoms with E-state index in [1.807, 2.05) is 34.6 Å². The number of rotatable bonds is 4. The van der Waals surface area contributed by atoms with Gasteiger partial charge in [0.15, 0.2) is 5.79 Å². The Morgan fingerprint density at radius 3 is 2.27 bits per heavy atom. The molecule has 0 spiro atoms. The lowest BCUT2D eigenvalue weighted by Crippen LogP contribution is -2.47. The molecule has 0 saturated carbocycles. The van der Waals surface area contributed by atoms with Crippen LogP contribution in [-0.4, -0.2) is 59.2 Å². The van der Waals surface area contributed by atoms with Gasteiger partial charge in [-0.2, -0.15) is 0 Å². The molecule has 0 aromatic heterocycles. The van der Waals surface area contributed by atoms with E-state index in [9.17, 15) is 9.59 Å². The van der Waals surface area contributed by atoms with Gasteiger partial charge in [-0.15, -0.1) is 0 Å². The largest absolute Gasteiger partial charge is 0.466 e. The summed E-state index contributed by atoms with van der Waals surface area (Å²) in [5.74, 6) is -1.31. The first-order valence-electron chi connectivity index (χ1n) is 9.70. The molecule has 3 aliphatic heterocycles. The standard InChI is InChI=1S/C19H31NO6/c1-7-19(8-2)24-14-12-10-11(16(21)23-9-3)13(15(14)25-19)20(12)17(22)26-18(4,5)6/h11-15H,7-10H2,1-6H3/t11-,12-,13+,14-,15+/m1/s1. The molecule has 1 amide bonds. The maximum absolute atomic E-state index is 12.8. The molecule has 3 aliphatic rings. The normalized spacial score (nSPS) is 34.7. The lowest BCUT2D eigenvalue weighted by molar-refractivity contribution is -0.193. The molecule has 26 heavy (non-hydrogen) atoms. The molecule has 0 radical (unpaired) electrons. The zero-order chi connectivity index (χ0) is 19.3. The molecule has 0 N–H and O–H groups in total. The fourth-order valence-corrected chi connectivity index (χ4v) is 4.47. The summed E-state index contributed by atoms with van der Waals surface area (Å²) in [5.41, 5.74) is -0.605. The molecule has 0 unspecified atom stereocenters. The minimum atomic E-state index is -0.630. The summed E-state index contributed by atoms with van der Waals surface area (Å²) in [5, 5.41) is 0. The molecular formula is C19H31NO6. The van der Waals surface area contributed by atoms with E-state index in [1.54, 1.807) is 11.8 Å². The highest BCUT2D eigenvalue weighted by atomic mass is 16.8. The van der Waals surface area contributed by atoms with E-state index < -0.39 is 29.4 Å². The number of ether oxygens (including phenoxy) is 4. The van der Waals surface area contributed by atoms with Crippen molar-refractivity contribution in [2.45, 2.75) is 96.5 Å². The predicted molar refractivity (Wildman–Crippen MR) is 93.4 cm³/mol. The number of hydrogen-bond acceptors (Lipinski definition) is 6. The highest BCUT2D eigenvalue weighted by Crippen LogP contribution is 2.52. The van der Waals surface area contributed by atoms with Gasteiger partial charge < -0.3 is 18.9 Å². The van der Waals surface area contributed by atoms with Crippen molar-refractivity contribution >= 4 is 12.1 Å². The monoisotopic (exact) mass is 369 g/mol. The van der Waals surface area contributed by atoms with Gasteiger partial charge in [0.25, 0.3) is 0 Å². The van der Waals surface area contributed by atoms with Crippen LogP contribution in [0.15, 0.2) is 0 Å². The summed E-state index contributed by atoms with van der Waals surface area (Å²) in [4.78, 5) is 27.0. The number of amides is 1. The van der Waals surface area contributed by atoms with E-state index in [1.165, 1.54) is 0 Å². The van der Waals surface area contributed by atoms with Crippen LogP contribution < -0.4 is 0 Å². The van der Waals surface area contributed by atoms with Crippen molar-refractivity contribution in [2.24, 2.45) is 5.92 Å². The molecule has 0 aromatic carbocycles. The molecule has 3 saturated heterocycles. The first kappa shape index (κ1) is 19.4. The van der Waals surface area contributed by atoms with Gasteiger partial charge in [-0.25, -0.2) is 4.79 Å². The fourth-order valence-electron chi connectivity index (χ4n) is 4.47. The summed E-state index contributed by atoms with van der Waals surface area (Å²) in [6.45, 7) is 11.7. The number of fused-ring (bicyclic) bond motifs is 5. The van der Waals surface area contributed by atoms with E-state index in [0.717, 1.165) is 12.8 Å². The predicted octanol–water partition coefficient (Wildman–Crippen LogP) is 2.86. The third-order valence-corrected chi connectivity index (χ3v) is 5.60. The van der Waals surface area contributed by atoms with Gasteiger partial charge >= 0.3 is 12.1 Å². The van der Waals surface area contributed by atoms with Crippen molar-refractivity contribution in [3.05, 3.63) is 0 Å². The number of hydrogen-bond donors (Lipinski definition) is 0. The molecule has 3 fully saturated rings. The van der Waals surface area contributed by atoms with Crippen molar-refractivity contribution in [2.75, 3.05) is 6.61 Å². The van der Waals surface area contributed by atoms with E-state index in [0.29, 0.717) is 13.0 Å². The van der Waals surface area contributed by atoms with Crippen molar-refractivity contribution < 1.29 is 28.5 Å². The van der Waals surface area contributed by atoms with Crippen molar-refractivity contribution in [1.29, 1.82) is 0 Å². The van der Waals surface area contributed by atoms with Crippen molar-refractivity contribution in [1.82, 2.24) is 4.90 Å². The second-order valence-corrected chi connectivity index (χ2v) is 8.32. The molecule has 7 nitrogen and oxygen atoms in total. The summed E-state index contributed by atoms with van der Waals surface area (Å²) in [6.07, 6.45) is 1.02. The lowest BCUT2D eigenvalue weighted by Gasteiger charge is -2.32. The smallest absolute Gasteiger partial charge is 0.410 e. The molecule has 148 valence electrons. The van der Waals surface area contributed by atoms with E-state index in [2.05, 4.69) is 0 Å². The average molecular weight is 369 g/mol. The first-order chi connectivity index (χ1) is 12.2. The molecule has 0 aliphatic carbocycles. The lowest BCUT2D eigenvalue weighted by atomic mass is 9.85. The van der Waals surface area contributed by atoms with Gasteiger partial charge in [-0.1, -0.05) is 13.8 Å². The van der Waals surface area contributed by atoms with Crippen molar-refractivity contribution in [3.8, 4) is 0 Å². The summed E-state index contributed by atoms with van der Waals surface area (Å²) < 4.78 is 23.4. The summed E-state index contributed by atoms with van der Waals surface area (Å²) in [6, 6.07) is -0.631. The quantitative estimate of drug-likeness (QED) is 0.710. The second kappa shape index (κ2) is 6.68. The highest BCUT2D eigenvalue weighted by molar-refractivity contribution is 5.78. The van der Waals surface area contributed by atoms with Gasteiger partial charge in [0.2, 0.25) is 0 Å². The van der Waals surface area contributed by atoms with Gasteiger partial charge in [-0.3, -0.25) is 9.69 Å². The molecule has 0 aromatic rings. The van der Waals surface area contributed by atoms with Crippen LogP contribution in [0.2, 0.25) is 0 Å². The van der Waals surface area contributed by atoms with E-state index in [-0.39, 0.29) is 24.2 Å². The molecular weight excluding hydrogens is 338 g/mol. The van der Waals surface area contributed by atoms with Crippen LogP contribution in [0.5, 0.6) is 0 Å². The molecule has 3 rings (SSSR count). The first-order valence-corrected chi connectivity index (χ1v) is 9.70. The maximum atomic E-state index is 12.8. The Kier molecular flexibility index (Phi) is 4.99. The number of carbonyl (C=O) groups excluding carboxylic acids is 2. The van der Waals surface area contributed by atoms with Crippen LogP contribution in [0.25, 0.3) is 0 Å².